The maximum absolute atomic E-state index is 13.1. The number of nitrogens with zero attached hydrogens (tertiary/aromatic N) is 1. The zero-order valence-electron chi connectivity index (χ0n) is 60.0. The summed E-state index contributed by atoms with van der Waals surface area (Å²) in [6, 6.07) is -0.798. The number of carbonyl (C=O) groups is 1. The molecule has 3 unspecified atom stereocenters. The van der Waals surface area contributed by atoms with Crippen molar-refractivity contribution in [3.63, 3.8) is 0 Å². The number of aliphatic hydroxyl groups is 1. The van der Waals surface area contributed by atoms with Crippen LogP contribution in [0, 0.1) is 0 Å². The average Bonchev–Trinajstić information content (AvgIpc) is 3.70. The van der Waals surface area contributed by atoms with E-state index in [1.807, 2.05) is 21.1 Å². The van der Waals surface area contributed by atoms with Crippen LogP contribution in [0.15, 0.2) is 0 Å². The molecule has 0 bridgehead atoms. The standard InChI is InChI=1S/C78H159N2O6P/c1-6-8-10-12-14-16-18-20-22-24-26-28-30-32-34-36-38-39-40-42-44-46-48-50-52-54-56-58-60-62-64-66-68-70-72-78(82)79-76(75-86-87(83,84)85-74-73-80(3,4)5)77(81)71-69-67-65-63-61-59-57-55-53-51-49-47-45-43-41-37-35-33-31-29-27-25-23-21-19-17-15-13-11-9-7-2/h76-77,81H,6-75H2,1-5H3,(H-,79,82,83,84). The molecule has 0 rings (SSSR count). The summed E-state index contributed by atoms with van der Waals surface area (Å²) in [5.41, 5.74) is 0. The van der Waals surface area contributed by atoms with E-state index in [0.717, 1.165) is 38.5 Å². The Labute approximate surface area is 546 Å². The Morgan fingerprint density at radius 3 is 0.782 bits per heavy atom. The number of hydrogen-bond donors (Lipinski definition) is 2. The van der Waals surface area contributed by atoms with Crippen molar-refractivity contribution in [1.82, 2.24) is 5.32 Å². The van der Waals surface area contributed by atoms with E-state index in [-0.39, 0.29) is 19.1 Å². The molecule has 0 spiro atoms. The summed E-state index contributed by atoms with van der Waals surface area (Å²) in [5, 5.41) is 14.2. The van der Waals surface area contributed by atoms with Crippen molar-refractivity contribution < 1.29 is 32.9 Å². The van der Waals surface area contributed by atoms with Crippen LogP contribution in [0.1, 0.15) is 444 Å². The molecular formula is C78H159N2O6P. The summed E-state index contributed by atoms with van der Waals surface area (Å²) < 4.78 is 23.6. The number of quaternary nitrogens is 1. The average molecular weight is 1250 g/mol. The van der Waals surface area contributed by atoms with Crippen LogP contribution in [0.3, 0.4) is 0 Å². The number of hydrogen-bond acceptors (Lipinski definition) is 6. The zero-order valence-corrected chi connectivity index (χ0v) is 60.9. The van der Waals surface area contributed by atoms with Gasteiger partial charge >= 0.3 is 0 Å². The molecule has 0 fully saturated rings. The minimum atomic E-state index is -4.58. The third-order valence-corrected chi connectivity index (χ3v) is 20.1. The van der Waals surface area contributed by atoms with Gasteiger partial charge in [-0.25, -0.2) is 0 Å². The number of phosphoric ester groups is 1. The highest BCUT2D eigenvalue weighted by molar-refractivity contribution is 7.45. The lowest BCUT2D eigenvalue weighted by Crippen LogP contribution is -2.46. The Kier molecular flexibility index (Phi) is 69.4. The number of rotatable bonds is 76. The van der Waals surface area contributed by atoms with E-state index >= 15 is 0 Å². The van der Waals surface area contributed by atoms with Crippen molar-refractivity contribution in [3.8, 4) is 0 Å². The molecule has 522 valence electrons. The van der Waals surface area contributed by atoms with Crippen molar-refractivity contribution in [2.45, 2.75) is 456 Å². The number of aliphatic hydroxyl groups excluding tert-OH is 1. The van der Waals surface area contributed by atoms with Crippen molar-refractivity contribution in [3.05, 3.63) is 0 Å². The highest BCUT2D eigenvalue weighted by Crippen LogP contribution is 2.38. The van der Waals surface area contributed by atoms with Gasteiger partial charge in [0.25, 0.3) is 7.82 Å². The molecule has 0 saturated heterocycles. The summed E-state index contributed by atoms with van der Waals surface area (Å²) in [6.07, 6.45) is 89.4. The Morgan fingerprint density at radius 2 is 0.563 bits per heavy atom. The maximum Gasteiger partial charge on any atom is 0.268 e. The van der Waals surface area contributed by atoms with E-state index in [9.17, 15) is 19.4 Å². The molecule has 0 aliphatic carbocycles. The van der Waals surface area contributed by atoms with Crippen molar-refractivity contribution in [2.24, 2.45) is 0 Å². The first-order valence-corrected chi connectivity index (χ1v) is 41.3. The first kappa shape index (κ1) is 86.5. The largest absolute Gasteiger partial charge is 0.756 e. The molecule has 8 nitrogen and oxygen atoms in total. The van der Waals surface area contributed by atoms with Crippen molar-refractivity contribution in [1.29, 1.82) is 0 Å². The molecule has 0 aliphatic rings. The summed E-state index contributed by atoms with van der Waals surface area (Å²) >= 11 is 0. The van der Waals surface area contributed by atoms with Crippen LogP contribution in [-0.2, 0) is 18.4 Å². The molecule has 2 N–H and O–H groups in total. The van der Waals surface area contributed by atoms with Gasteiger partial charge in [-0.05, 0) is 12.8 Å². The van der Waals surface area contributed by atoms with Crippen LogP contribution < -0.4 is 10.2 Å². The fourth-order valence-electron chi connectivity index (χ4n) is 12.9. The lowest BCUT2D eigenvalue weighted by Gasteiger charge is -2.30. The van der Waals surface area contributed by atoms with Gasteiger partial charge in [-0.1, -0.05) is 425 Å². The molecule has 0 aromatic rings. The molecule has 0 aromatic carbocycles. The Balaban J connectivity index is 3.90. The highest BCUT2D eigenvalue weighted by atomic mass is 31.2. The zero-order chi connectivity index (χ0) is 63.4. The fourth-order valence-corrected chi connectivity index (χ4v) is 13.7. The molecule has 0 radical (unpaired) electrons. The van der Waals surface area contributed by atoms with Gasteiger partial charge in [-0.2, -0.15) is 0 Å². The van der Waals surface area contributed by atoms with Crippen LogP contribution in [0.4, 0.5) is 0 Å². The smallest absolute Gasteiger partial charge is 0.268 e. The molecule has 0 aliphatic heterocycles. The lowest BCUT2D eigenvalue weighted by molar-refractivity contribution is -0.870. The minimum Gasteiger partial charge on any atom is -0.756 e. The predicted molar refractivity (Wildman–Crippen MR) is 381 cm³/mol. The van der Waals surface area contributed by atoms with E-state index in [1.165, 1.54) is 379 Å². The first-order valence-electron chi connectivity index (χ1n) is 39.9. The summed E-state index contributed by atoms with van der Waals surface area (Å²) in [4.78, 5) is 25.7. The summed E-state index contributed by atoms with van der Waals surface area (Å²) in [6.45, 7) is 4.81. The van der Waals surface area contributed by atoms with Crippen LogP contribution >= 0.6 is 7.82 Å². The number of unbranched alkanes of at least 4 members (excludes halogenated alkanes) is 63. The molecule has 3 atom stereocenters. The number of likely N-dealkylation sites (N-methyl/N-ethyl adjacent to an activating group) is 1. The Bertz CT molecular complexity index is 1380. The van der Waals surface area contributed by atoms with Crippen LogP contribution in [0.2, 0.25) is 0 Å². The Morgan fingerprint density at radius 1 is 0.356 bits per heavy atom. The first-order chi connectivity index (χ1) is 42.5. The van der Waals surface area contributed by atoms with Crippen LogP contribution in [0.5, 0.6) is 0 Å². The molecule has 0 heterocycles. The molecule has 9 heteroatoms. The van der Waals surface area contributed by atoms with Gasteiger partial charge < -0.3 is 28.8 Å². The minimum absolute atomic E-state index is 0.0171. The predicted octanol–water partition coefficient (Wildman–Crippen LogP) is 25.2. The third-order valence-electron chi connectivity index (χ3n) is 19.1. The van der Waals surface area contributed by atoms with Gasteiger partial charge in [0.05, 0.1) is 39.9 Å². The molecule has 87 heavy (non-hydrogen) atoms. The molecule has 1 amide bonds. The topological polar surface area (TPSA) is 108 Å². The number of phosphoric acid groups is 1. The Hall–Kier alpha value is -0.500. The molecule has 0 aromatic heterocycles. The summed E-state index contributed by atoms with van der Waals surface area (Å²) in [7, 11) is 1.34. The second kappa shape index (κ2) is 69.8. The van der Waals surface area contributed by atoms with E-state index < -0.39 is 20.0 Å². The maximum atomic E-state index is 13.1. The van der Waals surface area contributed by atoms with E-state index in [2.05, 4.69) is 19.2 Å². The quantitative estimate of drug-likeness (QED) is 0.0357. The van der Waals surface area contributed by atoms with Gasteiger partial charge in [0.15, 0.2) is 0 Å². The second-order valence-corrected chi connectivity index (χ2v) is 30.6. The van der Waals surface area contributed by atoms with Gasteiger partial charge in [0.2, 0.25) is 5.91 Å². The van der Waals surface area contributed by atoms with E-state index in [4.69, 9.17) is 9.05 Å². The number of carbonyl (C=O) groups excluding carboxylic acids is 1. The van der Waals surface area contributed by atoms with Crippen LogP contribution in [-0.4, -0.2) is 68.5 Å². The van der Waals surface area contributed by atoms with Gasteiger partial charge in [-0.15, -0.1) is 0 Å². The molecule has 0 saturated carbocycles. The lowest BCUT2D eigenvalue weighted by atomic mass is 10.0. The van der Waals surface area contributed by atoms with Gasteiger partial charge in [-0.3, -0.25) is 9.36 Å². The van der Waals surface area contributed by atoms with E-state index in [1.54, 1.807) is 0 Å². The normalized spacial score (nSPS) is 13.4. The fraction of sp³-hybridized carbons (Fsp3) is 0.987. The third kappa shape index (κ3) is 72.8. The van der Waals surface area contributed by atoms with Gasteiger partial charge in [0.1, 0.15) is 13.2 Å². The van der Waals surface area contributed by atoms with Crippen molar-refractivity contribution >= 4 is 13.7 Å². The second-order valence-electron chi connectivity index (χ2n) is 29.1. The van der Waals surface area contributed by atoms with E-state index in [0.29, 0.717) is 23.9 Å². The number of amides is 1. The van der Waals surface area contributed by atoms with Gasteiger partial charge in [0, 0.05) is 6.42 Å². The summed E-state index contributed by atoms with van der Waals surface area (Å²) in [5.74, 6) is -0.152. The molecular weight excluding hydrogens is 1090 g/mol. The van der Waals surface area contributed by atoms with Crippen molar-refractivity contribution in [2.75, 3.05) is 40.9 Å². The number of nitrogens with one attached hydrogen (secondary N) is 1. The SMILES string of the molecule is CCCCCCCCCCCCCCCCCCCCCCCCCCCCCCCCCCCCC(=O)NC(COP(=O)([O-])OCC[N+](C)(C)C)C(O)CCCCCCCCCCCCCCCCCCCCCCCCCCCCCCCCC. The highest BCUT2D eigenvalue weighted by Gasteiger charge is 2.24. The van der Waals surface area contributed by atoms with Crippen LogP contribution in [0.25, 0.3) is 0 Å². The monoisotopic (exact) mass is 1250 g/mol.